The second-order valence-electron chi connectivity index (χ2n) is 6.11. The molecule has 3 aromatic rings. The van der Waals surface area contributed by atoms with Crippen LogP contribution in [0.2, 0.25) is 0 Å². The van der Waals surface area contributed by atoms with E-state index >= 15 is 0 Å². The Kier molecular flexibility index (Phi) is 5.81. The summed E-state index contributed by atoms with van der Waals surface area (Å²) >= 11 is 0. The fourth-order valence-corrected chi connectivity index (χ4v) is 2.72. The molecule has 28 heavy (non-hydrogen) atoms. The van der Waals surface area contributed by atoms with Crippen LogP contribution in [0.5, 0.6) is 5.88 Å². The number of aromatic amines is 1. The Labute approximate surface area is 159 Å². The van der Waals surface area contributed by atoms with Gasteiger partial charge in [-0.3, -0.25) is 14.8 Å². The Morgan fingerprint density at radius 2 is 1.79 bits per heavy atom. The summed E-state index contributed by atoms with van der Waals surface area (Å²) in [7, 11) is 0. The first-order chi connectivity index (χ1) is 13.5. The van der Waals surface area contributed by atoms with Crippen LogP contribution in [0.1, 0.15) is 11.1 Å². The summed E-state index contributed by atoms with van der Waals surface area (Å²) in [5.74, 6) is -1.13. The van der Waals surface area contributed by atoms with Crippen molar-refractivity contribution in [2.75, 3.05) is 6.61 Å². The Balaban J connectivity index is 1.96. The van der Waals surface area contributed by atoms with Gasteiger partial charge in [0.2, 0.25) is 5.88 Å². The minimum atomic E-state index is -0.866. The number of aliphatic hydroxyl groups is 1. The number of halogens is 1. The SMILES string of the molecule is O=c1[nH]c(=O)n(-c2ccc(F)cc2)c(O)c1C=NC(CO)Cc1ccccc1. The summed E-state index contributed by atoms with van der Waals surface area (Å²) in [5.41, 5.74) is -0.795. The monoisotopic (exact) mass is 383 g/mol. The smallest absolute Gasteiger partial charge is 0.335 e. The maximum atomic E-state index is 13.1. The molecule has 0 spiro atoms. The Morgan fingerprint density at radius 3 is 2.43 bits per heavy atom. The minimum Gasteiger partial charge on any atom is -0.493 e. The Bertz CT molecular complexity index is 1090. The fourth-order valence-electron chi connectivity index (χ4n) is 2.72. The highest BCUT2D eigenvalue weighted by molar-refractivity contribution is 5.82. The van der Waals surface area contributed by atoms with Gasteiger partial charge >= 0.3 is 5.69 Å². The van der Waals surface area contributed by atoms with Gasteiger partial charge in [0.25, 0.3) is 5.56 Å². The van der Waals surface area contributed by atoms with Gasteiger partial charge in [0.15, 0.2) is 0 Å². The first kappa shape index (κ1) is 19.2. The highest BCUT2D eigenvalue weighted by Crippen LogP contribution is 2.16. The number of H-pyrrole nitrogens is 1. The van der Waals surface area contributed by atoms with E-state index in [9.17, 15) is 24.2 Å². The highest BCUT2D eigenvalue weighted by atomic mass is 19.1. The van der Waals surface area contributed by atoms with Crippen molar-refractivity contribution in [1.29, 1.82) is 0 Å². The number of aromatic hydroxyl groups is 1. The lowest BCUT2D eigenvalue weighted by molar-refractivity contribution is 0.266. The van der Waals surface area contributed by atoms with E-state index in [1.165, 1.54) is 12.1 Å². The number of nitrogens with one attached hydrogen (secondary N) is 1. The Morgan fingerprint density at radius 1 is 1.11 bits per heavy atom. The van der Waals surface area contributed by atoms with E-state index in [1.807, 2.05) is 30.3 Å². The van der Waals surface area contributed by atoms with Gasteiger partial charge in [-0.2, -0.15) is 0 Å². The normalized spacial score (nSPS) is 12.4. The molecule has 1 unspecified atom stereocenters. The lowest BCUT2D eigenvalue weighted by Crippen LogP contribution is -2.31. The molecule has 1 aromatic heterocycles. The number of aliphatic imine (C=N–C) groups is 1. The molecule has 3 N–H and O–H groups in total. The van der Waals surface area contributed by atoms with Crippen LogP contribution in [0.3, 0.4) is 0 Å². The largest absolute Gasteiger partial charge is 0.493 e. The average Bonchev–Trinajstić information content (AvgIpc) is 2.69. The van der Waals surface area contributed by atoms with E-state index in [0.29, 0.717) is 6.42 Å². The molecule has 0 saturated carbocycles. The first-order valence-electron chi connectivity index (χ1n) is 8.52. The zero-order valence-electron chi connectivity index (χ0n) is 14.7. The van der Waals surface area contributed by atoms with E-state index in [1.54, 1.807) is 0 Å². The second kappa shape index (κ2) is 8.45. The van der Waals surface area contributed by atoms with Crippen molar-refractivity contribution in [1.82, 2.24) is 9.55 Å². The third-order valence-electron chi connectivity index (χ3n) is 4.15. The summed E-state index contributed by atoms with van der Waals surface area (Å²) in [6.45, 7) is -0.262. The molecule has 0 saturated heterocycles. The van der Waals surface area contributed by atoms with E-state index in [-0.39, 0.29) is 17.9 Å². The molecule has 144 valence electrons. The molecule has 1 heterocycles. The maximum Gasteiger partial charge on any atom is 0.335 e. The predicted octanol–water partition coefficient (Wildman–Crippen LogP) is 1.39. The van der Waals surface area contributed by atoms with Crippen LogP contribution in [0.15, 0.2) is 69.2 Å². The van der Waals surface area contributed by atoms with Crippen molar-refractivity contribution in [2.24, 2.45) is 4.99 Å². The van der Waals surface area contributed by atoms with Crippen molar-refractivity contribution >= 4 is 6.21 Å². The van der Waals surface area contributed by atoms with E-state index in [2.05, 4.69) is 9.98 Å². The van der Waals surface area contributed by atoms with Gasteiger partial charge in [-0.1, -0.05) is 30.3 Å². The fraction of sp³-hybridized carbons (Fsp3) is 0.150. The second-order valence-corrected chi connectivity index (χ2v) is 6.11. The Hall–Kier alpha value is -3.52. The standard InChI is InChI=1S/C20H18FN3O4/c21-14-6-8-16(9-7-14)24-19(27)17(18(26)23-20(24)28)11-22-15(12-25)10-13-4-2-1-3-5-13/h1-9,11,15,25,27H,10,12H2,(H,23,26,28). The van der Waals surface area contributed by atoms with Crippen LogP contribution < -0.4 is 11.2 Å². The lowest BCUT2D eigenvalue weighted by Gasteiger charge is -2.11. The quantitative estimate of drug-likeness (QED) is 0.559. The van der Waals surface area contributed by atoms with E-state index in [0.717, 1.165) is 28.5 Å². The van der Waals surface area contributed by atoms with Gasteiger partial charge in [-0.15, -0.1) is 0 Å². The third-order valence-corrected chi connectivity index (χ3v) is 4.15. The lowest BCUT2D eigenvalue weighted by atomic mass is 10.1. The van der Waals surface area contributed by atoms with E-state index < -0.39 is 29.0 Å². The molecule has 0 aliphatic carbocycles. The molecule has 0 aliphatic heterocycles. The molecule has 0 aliphatic rings. The van der Waals surface area contributed by atoms with Crippen molar-refractivity contribution in [3.63, 3.8) is 0 Å². The molecule has 3 rings (SSSR count). The molecule has 0 amide bonds. The number of aliphatic hydroxyl groups excluding tert-OH is 1. The molecule has 0 radical (unpaired) electrons. The first-order valence-corrected chi connectivity index (χ1v) is 8.52. The molecule has 0 bridgehead atoms. The summed E-state index contributed by atoms with van der Waals surface area (Å²) in [5, 5.41) is 20.0. The highest BCUT2D eigenvalue weighted by Gasteiger charge is 2.15. The maximum absolute atomic E-state index is 13.1. The van der Waals surface area contributed by atoms with Gasteiger partial charge in [0, 0.05) is 6.21 Å². The van der Waals surface area contributed by atoms with Crippen molar-refractivity contribution in [3.8, 4) is 11.6 Å². The van der Waals surface area contributed by atoms with Gasteiger partial charge in [0.1, 0.15) is 11.4 Å². The number of hydrogen-bond donors (Lipinski definition) is 3. The molecule has 8 heteroatoms. The number of nitrogens with zero attached hydrogens (tertiary/aromatic N) is 2. The van der Waals surface area contributed by atoms with Crippen LogP contribution >= 0.6 is 0 Å². The molecule has 0 fully saturated rings. The zero-order valence-corrected chi connectivity index (χ0v) is 14.7. The van der Waals surface area contributed by atoms with Crippen molar-refractivity contribution < 1.29 is 14.6 Å². The number of aromatic nitrogens is 2. The number of benzene rings is 2. The molecular weight excluding hydrogens is 365 g/mol. The summed E-state index contributed by atoms with van der Waals surface area (Å²) in [6.07, 6.45) is 1.56. The summed E-state index contributed by atoms with van der Waals surface area (Å²) < 4.78 is 14.0. The van der Waals surface area contributed by atoms with Gasteiger partial charge in [0.05, 0.1) is 18.3 Å². The van der Waals surface area contributed by atoms with Crippen LogP contribution in [0.4, 0.5) is 4.39 Å². The summed E-state index contributed by atoms with van der Waals surface area (Å²) in [4.78, 5) is 30.5. The van der Waals surface area contributed by atoms with Crippen LogP contribution in [0.25, 0.3) is 5.69 Å². The van der Waals surface area contributed by atoms with Crippen molar-refractivity contribution in [3.05, 3.63) is 92.4 Å². The number of hydrogen-bond acceptors (Lipinski definition) is 5. The molecule has 1 atom stereocenters. The molecule has 2 aromatic carbocycles. The van der Waals surface area contributed by atoms with Gasteiger partial charge in [-0.05, 0) is 36.2 Å². The number of rotatable bonds is 6. The predicted molar refractivity (Wildman–Crippen MR) is 103 cm³/mol. The van der Waals surface area contributed by atoms with E-state index in [4.69, 9.17) is 0 Å². The minimum absolute atomic E-state index is 0.179. The average molecular weight is 383 g/mol. The van der Waals surface area contributed by atoms with Gasteiger partial charge in [-0.25, -0.2) is 13.8 Å². The molecule has 7 nitrogen and oxygen atoms in total. The van der Waals surface area contributed by atoms with Crippen molar-refractivity contribution in [2.45, 2.75) is 12.5 Å². The van der Waals surface area contributed by atoms with Crippen LogP contribution in [0, 0.1) is 5.82 Å². The van der Waals surface area contributed by atoms with Crippen LogP contribution in [-0.4, -0.2) is 38.6 Å². The topological polar surface area (TPSA) is 108 Å². The van der Waals surface area contributed by atoms with Crippen LogP contribution in [-0.2, 0) is 6.42 Å². The molecular formula is C20H18FN3O4. The third kappa shape index (κ3) is 4.24. The zero-order chi connectivity index (χ0) is 20.1. The summed E-state index contributed by atoms with van der Waals surface area (Å²) in [6, 6.07) is 13.7. The van der Waals surface area contributed by atoms with Gasteiger partial charge < -0.3 is 10.2 Å².